The molecule has 0 aliphatic carbocycles. The number of nitrogens with zero attached hydrogens (tertiary/aromatic N) is 2. The van der Waals surface area contributed by atoms with Gasteiger partial charge in [-0.25, -0.2) is 14.4 Å². The summed E-state index contributed by atoms with van der Waals surface area (Å²) in [7, 11) is 1.83. The van der Waals surface area contributed by atoms with Crippen molar-refractivity contribution in [2.75, 3.05) is 7.05 Å². The van der Waals surface area contributed by atoms with E-state index in [1.807, 2.05) is 7.05 Å². The van der Waals surface area contributed by atoms with E-state index >= 15 is 0 Å². The van der Waals surface area contributed by atoms with Crippen molar-refractivity contribution in [2.45, 2.75) is 6.54 Å². The quantitative estimate of drug-likeness (QED) is 0.925. The summed E-state index contributed by atoms with van der Waals surface area (Å²) in [5.41, 5.74) is 0.937. The van der Waals surface area contributed by atoms with Crippen molar-refractivity contribution in [2.24, 2.45) is 0 Å². The fraction of sp³-hybridized carbons (Fsp3) is 0.167. The van der Waals surface area contributed by atoms with Crippen LogP contribution in [-0.2, 0) is 6.54 Å². The highest BCUT2D eigenvalue weighted by Gasteiger charge is 2.04. The Bertz CT molecular complexity index is 533. The van der Waals surface area contributed by atoms with Crippen LogP contribution in [0.5, 0.6) is 11.8 Å². The van der Waals surface area contributed by atoms with E-state index in [0.29, 0.717) is 12.3 Å². The molecule has 0 amide bonds. The van der Waals surface area contributed by atoms with Crippen LogP contribution in [0, 0.1) is 5.82 Å². The minimum atomic E-state index is -0.541. The molecule has 0 radical (unpaired) electrons. The molecule has 0 fully saturated rings. The summed E-state index contributed by atoms with van der Waals surface area (Å²) in [5.74, 6) is -0.237. The molecule has 1 aromatic heterocycles. The zero-order chi connectivity index (χ0) is 13.0. The third kappa shape index (κ3) is 3.15. The second-order valence-electron chi connectivity index (χ2n) is 3.58. The van der Waals surface area contributed by atoms with Crippen molar-refractivity contribution >= 4 is 11.6 Å². The van der Waals surface area contributed by atoms with Crippen LogP contribution in [0.3, 0.4) is 0 Å². The van der Waals surface area contributed by atoms with E-state index < -0.39 is 5.82 Å². The lowest BCUT2D eigenvalue weighted by Crippen LogP contribution is -2.06. The first-order valence-electron chi connectivity index (χ1n) is 5.27. The molecule has 0 saturated heterocycles. The summed E-state index contributed by atoms with van der Waals surface area (Å²) < 4.78 is 18.5. The van der Waals surface area contributed by atoms with E-state index in [1.165, 1.54) is 12.1 Å². The van der Waals surface area contributed by atoms with Crippen LogP contribution in [0.1, 0.15) is 5.56 Å². The van der Waals surface area contributed by atoms with Crippen molar-refractivity contribution in [3.63, 3.8) is 0 Å². The highest BCUT2D eigenvalue weighted by Crippen LogP contribution is 2.23. The predicted octanol–water partition coefficient (Wildman–Crippen LogP) is 2.78. The predicted molar refractivity (Wildman–Crippen MR) is 66.3 cm³/mol. The number of hydrogen-bond acceptors (Lipinski definition) is 4. The van der Waals surface area contributed by atoms with Gasteiger partial charge in [-0.3, -0.25) is 0 Å². The molecule has 0 spiro atoms. The van der Waals surface area contributed by atoms with Gasteiger partial charge in [-0.05, 0) is 19.2 Å². The molecular formula is C12H11ClFN3O. The van der Waals surface area contributed by atoms with Gasteiger partial charge in [-0.1, -0.05) is 11.6 Å². The minimum Gasteiger partial charge on any atom is -0.424 e. The summed E-state index contributed by atoms with van der Waals surface area (Å²) in [4.78, 5) is 8.03. The normalized spacial score (nSPS) is 10.4. The van der Waals surface area contributed by atoms with Crippen molar-refractivity contribution in [3.05, 3.63) is 47.0 Å². The molecule has 94 valence electrons. The van der Waals surface area contributed by atoms with Crippen LogP contribution in [0.15, 0.2) is 30.6 Å². The molecule has 0 saturated carbocycles. The van der Waals surface area contributed by atoms with Crippen molar-refractivity contribution in [3.8, 4) is 11.8 Å². The van der Waals surface area contributed by atoms with Gasteiger partial charge in [0.05, 0.1) is 5.02 Å². The Morgan fingerprint density at radius 2 is 2.06 bits per heavy atom. The molecule has 1 aromatic carbocycles. The Hall–Kier alpha value is -1.72. The van der Waals surface area contributed by atoms with Crippen LogP contribution in [-0.4, -0.2) is 17.0 Å². The van der Waals surface area contributed by atoms with Gasteiger partial charge in [-0.15, -0.1) is 0 Å². The van der Waals surface area contributed by atoms with Crippen LogP contribution in [0.2, 0.25) is 5.02 Å². The number of benzene rings is 1. The summed E-state index contributed by atoms with van der Waals surface area (Å²) in [6.45, 7) is 0.676. The maximum Gasteiger partial charge on any atom is 0.321 e. The van der Waals surface area contributed by atoms with E-state index in [-0.39, 0.29) is 11.0 Å². The number of rotatable bonds is 4. The number of nitrogens with one attached hydrogen (secondary N) is 1. The highest BCUT2D eigenvalue weighted by atomic mass is 35.5. The Morgan fingerprint density at radius 1 is 1.33 bits per heavy atom. The molecule has 6 heteroatoms. The number of ether oxygens (including phenoxy) is 1. The lowest BCUT2D eigenvalue weighted by atomic mass is 10.3. The van der Waals surface area contributed by atoms with E-state index in [2.05, 4.69) is 15.3 Å². The SMILES string of the molecule is CNCc1cnc(Oc2ccc(Cl)c(F)c2)nc1. The van der Waals surface area contributed by atoms with Gasteiger partial charge in [0.15, 0.2) is 0 Å². The maximum absolute atomic E-state index is 13.2. The minimum absolute atomic E-state index is 0.0487. The molecule has 2 aromatic rings. The van der Waals surface area contributed by atoms with E-state index in [4.69, 9.17) is 16.3 Å². The molecule has 0 bridgehead atoms. The first kappa shape index (κ1) is 12.7. The molecular weight excluding hydrogens is 257 g/mol. The van der Waals surface area contributed by atoms with Crippen molar-refractivity contribution in [1.29, 1.82) is 0 Å². The van der Waals surface area contributed by atoms with Gasteiger partial charge in [-0.2, -0.15) is 0 Å². The molecule has 2 rings (SSSR count). The molecule has 0 atom stereocenters. The Kier molecular flexibility index (Phi) is 4.07. The molecule has 0 unspecified atom stereocenters. The molecule has 4 nitrogen and oxygen atoms in total. The lowest BCUT2D eigenvalue weighted by Gasteiger charge is -2.05. The summed E-state index contributed by atoms with van der Waals surface area (Å²) in [6, 6.07) is 4.32. The fourth-order valence-corrected chi connectivity index (χ4v) is 1.45. The van der Waals surface area contributed by atoms with Gasteiger partial charge in [0, 0.05) is 30.6 Å². The van der Waals surface area contributed by atoms with Crippen LogP contribution in [0.4, 0.5) is 4.39 Å². The smallest absolute Gasteiger partial charge is 0.321 e. The van der Waals surface area contributed by atoms with Crippen molar-refractivity contribution in [1.82, 2.24) is 15.3 Å². The topological polar surface area (TPSA) is 47.0 Å². The highest BCUT2D eigenvalue weighted by molar-refractivity contribution is 6.30. The number of aromatic nitrogens is 2. The number of halogens is 2. The first-order chi connectivity index (χ1) is 8.69. The van der Waals surface area contributed by atoms with Gasteiger partial charge < -0.3 is 10.1 Å². The largest absolute Gasteiger partial charge is 0.424 e. The molecule has 18 heavy (non-hydrogen) atoms. The third-order valence-corrected chi connectivity index (χ3v) is 2.47. The maximum atomic E-state index is 13.2. The summed E-state index contributed by atoms with van der Waals surface area (Å²) in [6.07, 6.45) is 3.29. The molecule has 1 heterocycles. The number of hydrogen-bond donors (Lipinski definition) is 1. The lowest BCUT2D eigenvalue weighted by molar-refractivity contribution is 0.437. The van der Waals surface area contributed by atoms with Crippen LogP contribution >= 0.6 is 11.6 Å². The van der Waals surface area contributed by atoms with Crippen LogP contribution < -0.4 is 10.1 Å². The zero-order valence-corrected chi connectivity index (χ0v) is 10.4. The molecule has 0 aliphatic rings. The van der Waals surface area contributed by atoms with Gasteiger partial charge in [0.2, 0.25) is 0 Å². The molecule has 1 N–H and O–H groups in total. The second-order valence-corrected chi connectivity index (χ2v) is 3.99. The average Bonchev–Trinajstić information content (AvgIpc) is 2.37. The molecule has 0 aliphatic heterocycles. The van der Waals surface area contributed by atoms with E-state index in [9.17, 15) is 4.39 Å². The Morgan fingerprint density at radius 3 is 2.67 bits per heavy atom. The van der Waals surface area contributed by atoms with Gasteiger partial charge in [0.1, 0.15) is 11.6 Å². The van der Waals surface area contributed by atoms with Crippen LogP contribution in [0.25, 0.3) is 0 Å². The van der Waals surface area contributed by atoms with E-state index in [0.717, 1.165) is 5.56 Å². The average molecular weight is 268 g/mol. The Labute approximate surface area is 109 Å². The first-order valence-corrected chi connectivity index (χ1v) is 5.65. The van der Waals surface area contributed by atoms with Gasteiger partial charge >= 0.3 is 6.01 Å². The second kappa shape index (κ2) is 5.75. The summed E-state index contributed by atoms with van der Waals surface area (Å²) in [5, 5.41) is 3.03. The van der Waals surface area contributed by atoms with Crippen molar-refractivity contribution < 1.29 is 9.13 Å². The Balaban J connectivity index is 2.10. The monoisotopic (exact) mass is 267 g/mol. The zero-order valence-electron chi connectivity index (χ0n) is 9.65. The van der Waals surface area contributed by atoms with E-state index in [1.54, 1.807) is 18.5 Å². The standard InChI is InChI=1S/C12H11ClFN3O/c1-15-5-8-6-16-12(17-7-8)18-9-2-3-10(13)11(14)4-9/h2-4,6-7,15H,5H2,1H3. The van der Waals surface area contributed by atoms with Gasteiger partial charge in [0.25, 0.3) is 0 Å². The third-order valence-electron chi connectivity index (χ3n) is 2.16. The fourth-order valence-electron chi connectivity index (χ4n) is 1.34. The summed E-state index contributed by atoms with van der Waals surface area (Å²) >= 11 is 5.57.